The predicted octanol–water partition coefficient (Wildman–Crippen LogP) is 3.13. The van der Waals surface area contributed by atoms with Crippen molar-refractivity contribution in [1.82, 2.24) is 10.2 Å². The van der Waals surface area contributed by atoms with Gasteiger partial charge >= 0.3 is 0 Å². The van der Waals surface area contributed by atoms with Gasteiger partial charge in [0.2, 0.25) is 0 Å². The van der Waals surface area contributed by atoms with Crippen LogP contribution in [0.5, 0.6) is 0 Å². The van der Waals surface area contributed by atoms with Gasteiger partial charge in [-0.3, -0.25) is 4.90 Å². The first-order valence-corrected chi connectivity index (χ1v) is 7.62. The summed E-state index contributed by atoms with van der Waals surface area (Å²) in [7, 11) is 0. The van der Waals surface area contributed by atoms with Crippen LogP contribution in [0.1, 0.15) is 39.4 Å². The van der Waals surface area contributed by atoms with Gasteiger partial charge in [-0.2, -0.15) is 0 Å². The zero-order valence-corrected chi connectivity index (χ0v) is 12.6. The molecule has 1 aromatic rings. The van der Waals surface area contributed by atoms with Gasteiger partial charge < -0.3 is 9.73 Å². The van der Waals surface area contributed by atoms with E-state index in [1.807, 2.05) is 6.07 Å². The Balaban J connectivity index is 1.73. The van der Waals surface area contributed by atoms with Crippen LogP contribution in [0.3, 0.4) is 0 Å². The lowest BCUT2D eigenvalue weighted by Gasteiger charge is -2.25. The SMILES string of the molecule is CC(C)CNCC(C)CN(Cc1ccco1)C1CC1. The van der Waals surface area contributed by atoms with E-state index in [-0.39, 0.29) is 0 Å². The maximum absolute atomic E-state index is 5.48. The van der Waals surface area contributed by atoms with Crippen molar-refractivity contribution in [3.63, 3.8) is 0 Å². The van der Waals surface area contributed by atoms with E-state index in [9.17, 15) is 0 Å². The van der Waals surface area contributed by atoms with Crippen molar-refractivity contribution in [2.75, 3.05) is 19.6 Å². The summed E-state index contributed by atoms with van der Waals surface area (Å²) in [6.07, 6.45) is 4.48. The number of nitrogens with one attached hydrogen (secondary N) is 1. The summed E-state index contributed by atoms with van der Waals surface area (Å²) in [6, 6.07) is 4.85. The van der Waals surface area contributed by atoms with Gasteiger partial charge in [-0.15, -0.1) is 0 Å². The number of rotatable bonds is 9. The Morgan fingerprint density at radius 2 is 2.11 bits per heavy atom. The Bertz CT molecular complexity index is 344. The van der Waals surface area contributed by atoms with Crippen LogP contribution in [0.25, 0.3) is 0 Å². The second-order valence-corrected chi connectivity index (χ2v) is 6.40. The van der Waals surface area contributed by atoms with Gasteiger partial charge in [0.1, 0.15) is 5.76 Å². The molecule has 1 aliphatic rings. The highest BCUT2D eigenvalue weighted by Crippen LogP contribution is 2.29. The summed E-state index contributed by atoms with van der Waals surface area (Å²) in [5.41, 5.74) is 0. The number of hydrogen-bond donors (Lipinski definition) is 1. The van der Waals surface area contributed by atoms with Crippen LogP contribution in [-0.4, -0.2) is 30.6 Å². The molecule has 0 aromatic carbocycles. The monoisotopic (exact) mass is 264 g/mol. The summed E-state index contributed by atoms with van der Waals surface area (Å²) in [4.78, 5) is 2.58. The Kier molecular flexibility index (Phi) is 5.46. The minimum Gasteiger partial charge on any atom is -0.468 e. The molecule has 19 heavy (non-hydrogen) atoms. The molecule has 0 spiro atoms. The van der Waals surface area contributed by atoms with Gasteiger partial charge in [-0.25, -0.2) is 0 Å². The molecule has 1 N–H and O–H groups in total. The summed E-state index contributed by atoms with van der Waals surface area (Å²) < 4.78 is 5.48. The summed E-state index contributed by atoms with van der Waals surface area (Å²) in [5.74, 6) is 2.51. The largest absolute Gasteiger partial charge is 0.468 e. The second-order valence-electron chi connectivity index (χ2n) is 6.40. The molecule has 1 aromatic heterocycles. The summed E-state index contributed by atoms with van der Waals surface area (Å²) in [5, 5.41) is 3.56. The molecule has 1 heterocycles. The molecule has 0 radical (unpaired) electrons. The fourth-order valence-electron chi connectivity index (χ4n) is 2.47. The van der Waals surface area contributed by atoms with Gasteiger partial charge in [0, 0.05) is 12.6 Å². The zero-order valence-electron chi connectivity index (χ0n) is 12.6. The number of nitrogens with zero attached hydrogens (tertiary/aromatic N) is 1. The smallest absolute Gasteiger partial charge is 0.117 e. The van der Waals surface area contributed by atoms with Crippen molar-refractivity contribution in [3.8, 4) is 0 Å². The first-order chi connectivity index (χ1) is 9.15. The zero-order chi connectivity index (χ0) is 13.7. The molecule has 0 bridgehead atoms. The first kappa shape index (κ1) is 14.6. The van der Waals surface area contributed by atoms with Gasteiger partial charge in [-0.1, -0.05) is 20.8 Å². The Labute approximate surface area is 117 Å². The molecule has 1 aliphatic carbocycles. The fourth-order valence-corrected chi connectivity index (χ4v) is 2.47. The van der Waals surface area contributed by atoms with E-state index in [4.69, 9.17) is 4.42 Å². The molecule has 3 heteroatoms. The average molecular weight is 264 g/mol. The number of hydrogen-bond acceptors (Lipinski definition) is 3. The Morgan fingerprint density at radius 1 is 1.32 bits per heavy atom. The Morgan fingerprint density at radius 3 is 2.68 bits per heavy atom. The predicted molar refractivity (Wildman–Crippen MR) is 79.0 cm³/mol. The summed E-state index contributed by atoms with van der Waals surface area (Å²) in [6.45, 7) is 11.2. The highest BCUT2D eigenvalue weighted by atomic mass is 16.3. The van der Waals surface area contributed by atoms with Crippen molar-refractivity contribution in [1.29, 1.82) is 0 Å². The third-order valence-electron chi connectivity index (χ3n) is 3.59. The Hall–Kier alpha value is -0.800. The lowest BCUT2D eigenvalue weighted by molar-refractivity contribution is 0.201. The molecule has 108 valence electrons. The number of furan rings is 1. The standard InChI is InChI=1S/C16H28N2O/c1-13(2)9-17-10-14(3)11-18(15-6-7-15)12-16-5-4-8-19-16/h4-5,8,13-15,17H,6-7,9-12H2,1-3H3. The summed E-state index contributed by atoms with van der Waals surface area (Å²) >= 11 is 0. The third-order valence-corrected chi connectivity index (χ3v) is 3.59. The van der Waals surface area contributed by atoms with Crippen LogP contribution >= 0.6 is 0 Å². The van der Waals surface area contributed by atoms with Gasteiger partial charge in [0.25, 0.3) is 0 Å². The van der Waals surface area contributed by atoms with Crippen molar-refractivity contribution < 1.29 is 4.42 Å². The molecule has 3 nitrogen and oxygen atoms in total. The van der Waals surface area contributed by atoms with Crippen molar-refractivity contribution in [2.45, 2.75) is 46.2 Å². The first-order valence-electron chi connectivity index (χ1n) is 7.62. The topological polar surface area (TPSA) is 28.4 Å². The van der Waals surface area contributed by atoms with Crippen molar-refractivity contribution in [2.24, 2.45) is 11.8 Å². The maximum Gasteiger partial charge on any atom is 0.117 e. The molecule has 1 fully saturated rings. The maximum atomic E-state index is 5.48. The van der Waals surface area contributed by atoms with Gasteiger partial charge in [0.15, 0.2) is 0 Å². The van der Waals surface area contributed by atoms with Crippen LogP contribution in [0, 0.1) is 11.8 Å². The van der Waals surface area contributed by atoms with E-state index in [0.29, 0.717) is 5.92 Å². The molecule has 0 aliphatic heterocycles. The lowest BCUT2D eigenvalue weighted by atomic mass is 10.1. The second kappa shape index (κ2) is 7.11. The van der Waals surface area contributed by atoms with E-state index in [2.05, 4.69) is 37.1 Å². The lowest BCUT2D eigenvalue weighted by Crippen LogP contribution is -2.35. The molecule has 1 saturated carbocycles. The normalized spacial score (nSPS) is 17.3. The average Bonchev–Trinajstić information content (AvgIpc) is 3.07. The highest BCUT2D eigenvalue weighted by molar-refractivity contribution is 4.99. The molecular weight excluding hydrogens is 236 g/mol. The van der Waals surface area contributed by atoms with Crippen LogP contribution in [0.15, 0.2) is 22.8 Å². The molecule has 0 amide bonds. The molecule has 1 atom stereocenters. The molecular formula is C16H28N2O. The fraction of sp³-hybridized carbons (Fsp3) is 0.750. The minimum absolute atomic E-state index is 0.689. The highest BCUT2D eigenvalue weighted by Gasteiger charge is 2.30. The van der Waals surface area contributed by atoms with Crippen molar-refractivity contribution >= 4 is 0 Å². The van der Waals surface area contributed by atoms with E-state index in [0.717, 1.165) is 43.9 Å². The quantitative estimate of drug-likeness (QED) is 0.743. The van der Waals surface area contributed by atoms with E-state index >= 15 is 0 Å². The van der Waals surface area contributed by atoms with E-state index in [1.165, 1.54) is 12.8 Å². The van der Waals surface area contributed by atoms with Crippen LogP contribution in [0.2, 0.25) is 0 Å². The van der Waals surface area contributed by atoms with E-state index in [1.54, 1.807) is 6.26 Å². The van der Waals surface area contributed by atoms with Crippen molar-refractivity contribution in [3.05, 3.63) is 24.2 Å². The van der Waals surface area contributed by atoms with Gasteiger partial charge in [0.05, 0.1) is 12.8 Å². The minimum atomic E-state index is 0.689. The van der Waals surface area contributed by atoms with Crippen LogP contribution in [-0.2, 0) is 6.54 Å². The van der Waals surface area contributed by atoms with Crippen LogP contribution < -0.4 is 5.32 Å². The third kappa shape index (κ3) is 5.37. The van der Waals surface area contributed by atoms with Crippen LogP contribution in [0.4, 0.5) is 0 Å². The molecule has 0 saturated heterocycles. The molecule has 1 unspecified atom stereocenters. The van der Waals surface area contributed by atoms with E-state index < -0.39 is 0 Å². The molecule has 2 rings (SSSR count). The van der Waals surface area contributed by atoms with Gasteiger partial charge in [-0.05, 0) is 49.9 Å².